The number of thiophene rings is 1. The van der Waals surface area contributed by atoms with Gasteiger partial charge in [-0.1, -0.05) is 56.1 Å². The summed E-state index contributed by atoms with van der Waals surface area (Å²) in [6, 6.07) is 8.57. The number of benzene rings is 2. The van der Waals surface area contributed by atoms with Gasteiger partial charge in [-0.3, -0.25) is 9.59 Å². The molecule has 3 aromatic rings. The minimum absolute atomic E-state index is 0.0216. The van der Waals surface area contributed by atoms with Crippen LogP contribution in [0.3, 0.4) is 0 Å². The fraction of sp³-hybridized carbons (Fsp3) is 0.345. The largest absolute Gasteiger partial charge is 0.495 e. The van der Waals surface area contributed by atoms with E-state index in [9.17, 15) is 19.5 Å². The number of fused-ring (bicyclic) bond motifs is 2. The normalized spacial score (nSPS) is 23.4. The number of halogens is 3. The average molecular weight is 621 g/mol. The molecule has 0 aliphatic carbocycles. The topological polar surface area (TPSA) is 117 Å². The zero-order valence-corrected chi connectivity index (χ0v) is 24.9. The summed E-state index contributed by atoms with van der Waals surface area (Å²) in [5.41, 5.74) is -0.823. The number of rotatable bonds is 6. The van der Waals surface area contributed by atoms with Gasteiger partial charge in [-0.05, 0) is 47.7 Å². The molecule has 5 rings (SSSR count). The van der Waals surface area contributed by atoms with Crippen molar-refractivity contribution in [3.05, 3.63) is 73.6 Å². The number of hydrogen-bond acceptors (Lipinski definition) is 6. The van der Waals surface area contributed by atoms with E-state index >= 15 is 4.39 Å². The number of nitrogens with one attached hydrogen (secondary N) is 3. The van der Waals surface area contributed by atoms with Gasteiger partial charge in [-0.25, -0.2) is 9.18 Å². The first kappa shape index (κ1) is 29.3. The molecule has 4 atom stereocenters. The van der Waals surface area contributed by atoms with Crippen molar-refractivity contribution >= 4 is 63.7 Å². The molecule has 3 heterocycles. The van der Waals surface area contributed by atoms with Gasteiger partial charge in [-0.15, -0.1) is 11.3 Å². The van der Waals surface area contributed by atoms with Gasteiger partial charge in [0.25, 0.3) is 0 Å². The Hall–Kier alpha value is -3.18. The average Bonchev–Trinajstić information content (AvgIpc) is 3.50. The van der Waals surface area contributed by atoms with Crippen LogP contribution in [-0.4, -0.2) is 42.1 Å². The summed E-state index contributed by atoms with van der Waals surface area (Å²) in [5.74, 6) is -3.68. The van der Waals surface area contributed by atoms with Crippen LogP contribution in [0.25, 0.3) is 0 Å². The number of carbonyl (C=O) groups is 3. The maximum atomic E-state index is 15.8. The molecule has 4 unspecified atom stereocenters. The van der Waals surface area contributed by atoms with Crippen LogP contribution in [-0.2, 0) is 15.0 Å². The Morgan fingerprint density at radius 1 is 1.20 bits per heavy atom. The lowest BCUT2D eigenvalue weighted by Crippen LogP contribution is -2.49. The molecule has 0 radical (unpaired) electrons. The molecular weight excluding hydrogens is 592 g/mol. The van der Waals surface area contributed by atoms with E-state index < -0.39 is 41.1 Å². The van der Waals surface area contributed by atoms with Crippen LogP contribution in [0.15, 0.2) is 42.5 Å². The minimum atomic E-state index is -1.38. The highest BCUT2D eigenvalue weighted by atomic mass is 35.5. The van der Waals surface area contributed by atoms with E-state index in [-0.39, 0.29) is 38.9 Å². The van der Waals surface area contributed by atoms with E-state index in [0.29, 0.717) is 21.3 Å². The van der Waals surface area contributed by atoms with Crippen molar-refractivity contribution in [1.29, 1.82) is 0 Å². The van der Waals surface area contributed by atoms with Gasteiger partial charge in [0.2, 0.25) is 11.8 Å². The minimum Gasteiger partial charge on any atom is -0.495 e. The third kappa shape index (κ3) is 4.97. The Morgan fingerprint density at radius 2 is 1.93 bits per heavy atom. The lowest BCUT2D eigenvalue weighted by molar-refractivity contribution is -0.122. The van der Waals surface area contributed by atoms with E-state index in [0.717, 1.165) is 0 Å². The number of carboxylic acid groups (broad SMARTS) is 1. The lowest BCUT2D eigenvalue weighted by Gasteiger charge is -2.37. The fourth-order valence-electron chi connectivity index (χ4n) is 6.00. The molecular formula is C29H28Cl2FN3O5S. The Labute approximate surface area is 250 Å². The molecule has 12 heteroatoms. The number of amides is 2. The zero-order valence-electron chi connectivity index (χ0n) is 22.6. The monoisotopic (exact) mass is 619 g/mol. The number of anilines is 2. The first-order valence-electron chi connectivity index (χ1n) is 12.8. The Morgan fingerprint density at radius 3 is 2.59 bits per heavy atom. The van der Waals surface area contributed by atoms with Gasteiger partial charge in [0.05, 0.1) is 39.4 Å². The van der Waals surface area contributed by atoms with Gasteiger partial charge in [0, 0.05) is 16.8 Å². The lowest BCUT2D eigenvalue weighted by atomic mass is 9.65. The summed E-state index contributed by atoms with van der Waals surface area (Å²) in [6.07, 6.45) is 0.467. The zero-order chi connectivity index (χ0) is 29.9. The van der Waals surface area contributed by atoms with Crippen LogP contribution < -0.4 is 20.7 Å². The summed E-state index contributed by atoms with van der Waals surface area (Å²) < 4.78 is 21.6. The molecule has 2 aliphatic rings. The number of methoxy groups -OCH3 is 1. The fourth-order valence-corrected chi connectivity index (χ4v) is 7.64. The molecule has 0 bridgehead atoms. The van der Waals surface area contributed by atoms with E-state index in [1.165, 1.54) is 48.8 Å². The van der Waals surface area contributed by atoms with Crippen LogP contribution in [0, 0.1) is 11.2 Å². The first-order chi connectivity index (χ1) is 19.3. The van der Waals surface area contributed by atoms with Crippen LogP contribution in [0.2, 0.25) is 9.36 Å². The van der Waals surface area contributed by atoms with Gasteiger partial charge >= 0.3 is 5.97 Å². The standard InChI is InChI=1S/C29H28Cl2FN3O5S/c1-28(2,3)12-19-29(24-17(34-27(29)39)11-20(31)41-24)21(14-6-5-7-15(30)22(14)32)23(35-19)25(36)33-16-9-8-13(26(37)38)10-18(16)40-4/h5-11,19,21,23,35H,12H2,1-4H3,(H,33,36)(H,34,39)(H,37,38). The van der Waals surface area contributed by atoms with E-state index in [1.54, 1.807) is 12.1 Å². The SMILES string of the molecule is COc1cc(C(=O)O)ccc1NC(=O)C1NC(CC(C)(C)C)C2(C(=O)Nc3cc(Cl)sc32)C1c1cccc(Cl)c1F. The van der Waals surface area contributed by atoms with Crippen LogP contribution in [0.5, 0.6) is 5.75 Å². The van der Waals surface area contributed by atoms with E-state index in [2.05, 4.69) is 16.0 Å². The van der Waals surface area contributed by atoms with Gasteiger partial charge in [-0.2, -0.15) is 0 Å². The van der Waals surface area contributed by atoms with Crippen molar-refractivity contribution in [1.82, 2.24) is 5.32 Å². The molecule has 41 heavy (non-hydrogen) atoms. The summed E-state index contributed by atoms with van der Waals surface area (Å²) in [4.78, 5) is 40.3. The smallest absolute Gasteiger partial charge is 0.335 e. The molecule has 1 aromatic heterocycles. The van der Waals surface area contributed by atoms with Crippen molar-refractivity contribution in [2.24, 2.45) is 5.41 Å². The van der Waals surface area contributed by atoms with Crippen molar-refractivity contribution in [3.8, 4) is 5.75 Å². The summed E-state index contributed by atoms with van der Waals surface area (Å²) >= 11 is 13.9. The number of carbonyl (C=O) groups excluding carboxylic acids is 2. The highest BCUT2D eigenvalue weighted by Gasteiger charge is 2.67. The summed E-state index contributed by atoms with van der Waals surface area (Å²) in [5, 5.41) is 18.4. The predicted molar refractivity (Wildman–Crippen MR) is 157 cm³/mol. The molecule has 4 N–H and O–H groups in total. The maximum absolute atomic E-state index is 15.8. The molecule has 2 aliphatic heterocycles. The molecule has 8 nitrogen and oxygen atoms in total. The molecule has 0 saturated carbocycles. The molecule has 2 aromatic carbocycles. The molecule has 1 saturated heterocycles. The third-order valence-corrected chi connectivity index (χ3v) is 9.28. The van der Waals surface area contributed by atoms with Gasteiger partial charge < -0.3 is 25.8 Å². The number of carboxylic acids is 1. The van der Waals surface area contributed by atoms with Gasteiger partial charge in [0.1, 0.15) is 17.0 Å². The van der Waals surface area contributed by atoms with Crippen LogP contribution >= 0.6 is 34.5 Å². The summed E-state index contributed by atoms with van der Waals surface area (Å²) in [6.45, 7) is 6.07. The highest BCUT2D eigenvalue weighted by molar-refractivity contribution is 7.17. The van der Waals surface area contributed by atoms with Crippen LogP contribution in [0.1, 0.15) is 53.9 Å². The second-order valence-corrected chi connectivity index (χ2v) is 13.5. The Balaban J connectivity index is 1.69. The quantitative estimate of drug-likeness (QED) is 0.258. The maximum Gasteiger partial charge on any atom is 0.335 e. The molecule has 1 spiro atoms. The van der Waals surface area contributed by atoms with Gasteiger partial charge in [0.15, 0.2) is 0 Å². The summed E-state index contributed by atoms with van der Waals surface area (Å²) in [7, 11) is 1.36. The van der Waals surface area contributed by atoms with E-state index in [1.807, 2.05) is 20.8 Å². The van der Waals surface area contributed by atoms with Crippen molar-refractivity contribution in [2.75, 3.05) is 17.7 Å². The Kier molecular flexibility index (Phi) is 7.57. The number of hydrogen-bond donors (Lipinski definition) is 4. The highest BCUT2D eigenvalue weighted by Crippen LogP contribution is 2.59. The molecule has 1 fully saturated rings. The molecule has 216 valence electrons. The number of aromatic carboxylic acids is 1. The first-order valence-corrected chi connectivity index (χ1v) is 14.4. The Bertz CT molecular complexity index is 1570. The predicted octanol–water partition coefficient (Wildman–Crippen LogP) is 6.29. The van der Waals surface area contributed by atoms with Crippen molar-refractivity contribution in [2.45, 2.75) is 50.6 Å². The second kappa shape index (κ2) is 10.6. The third-order valence-electron chi connectivity index (χ3n) is 7.58. The van der Waals surface area contributed by atoms with Crippen molar-refractivity contribution < 1.29 is 28.6 Å². The van der Waals surface area contributed by atoms with Crippen LogP contribution in [0.4, 0.5) is 15.8 Å². The second-order valence-electron chi connectivity index (χ2n) is 11.4. The van der Waals surface area contributed by atoms with E-state index in [4.69, 9.17) is 27.9 Å². The number of ether oxygens (including phenoxy) is 1. The van der Waals surface area contributed by atoms with Crippen molar-refractivity contribution in [3.63, 3.8) is 0 Å². The molecule has 2 amide bonds.